The fraction of sp³-hybridized carbons (Fsp3) is 0.333. The Hall–Kier alpha value is -3.12. The van der Waals surface area contributed by atoms with Crippen molar-refractivity contribution in [2.75, 3.05) is 39.8 Å². The number of rotatable bonds is 7. The Labute approximate surface area is 177 Å². The summed E-state index contributed by atoms with van der Waals surface area (Å²) in [6.45, 7) is 5.23. The van der Waals surface area contributed by atoms with Gasteiger partial charge in [0.1, 0.15) is 11.6 Å². The molecule has 6 nitrogen and oxygen atoms in total. The van der Waals surface area contributed by atoms with Crippen molar-refractivity contribution < 1.29 is 9.53 Å². The minimum atomic E-state index is 0.195. The molecule has 1 fully saturated rings. The van der Waals surface area contributed by atoms with Crippen LogP contribution in [0.25, 0.3) is 11.4 Å². The molecular weight excluding hydrogens is 376 g/mol. The van der Waals surface area contributed by atoms with Crippen LogP contribution in [0.15, 0.2) is 67.0 Å². The summed E-state index contributed by atoms with van der Waals surface area (Å²) in [5, 5.41) is 0. The molecule has 0 N–H and O–H groups in total. The predicted octanol–water partition coefficient (Wildman–Crippen LogP) is 2.95. The van der Waals surface area contributed by atoms with Crippen LogP contribution in [-0.4, -0.2) is 65.1 Å². The van der Waals surface area contributed by atoms with Gasteiger partial charge >= 0.3 is 0 Å². The maximum atomic E-state index is 12.6. The average Bonchev–Trinajstić information content (AvgIpc) is 3.28. The van der Waals surface area contributed by atoms with Crippen molar-refractivity contribution in [1.82, 2.24) is 19.4 Å². The Morgan fingerprint density at radius 2 is 1.70 bits per heavy atom. The number of imidazole rings is 1. The van der Waals surface area contributed by atoms with Crippen LogP contribution in [-0.2, 0) is 17.8 Å². The Balaban J connectivity index is 1.25. The normalized spacial score (nSPS) is 14.6. The first-order chi connectivity index (χ1) is 14.7. The van der Waals surface area contributed by atoms with Gasteiger partial charge in [0.15, 0.2) is 0 Å². The number of hydrogen-bond donors (Lipinski definition) is 0. The fourth-order valence-electron chi connectivity index (χ4n) is 3.84. The molecule has 4 rings (SSSR count). The van der Waals surface area contributed by atoms with Crippen molar-refractivity contribution >= 4 is 5.91 Å². The lowest BCUT2D eigenvalue weighted by Crippen LogP contribution is -2.49. The highest BCUT2D eigenvalue weighted by atomic mass is 16.5. The van der Waals surface area contributed by atoms with E-state index in [1.54, 1.807) is 7.11 Å². The minimum Gasteiger partial charge on any atom is -0.497 e. The van der Waals surface area contributed by atoms with E-state index in [2.05, 4.69) is 26.6 Å². The Morgan fingerprint density at radius 1 is 0.967 bits per heavy atom. The van der Waals surface area contributed by atoms with Gasteiger partial charge in [-0.3, -0.25) is 9.69 Å². The highest BCUT2D eigenvalue weighted by Crippen LogP contribution is 2.17. The maximum absolute atomic E-state index is 12.6. The summed E-state index contributed by atoms with van der Waals surface area (Å²) in [5.74, 6) is 2.01. The zero-order chi connectivity index (χ0) is 20.8. The van der Waals surface area contributed by atoms with Crippen LogP contribution in [0.5, 0.6) is 5.75 Å². The van der Waals surface area contributed by atoms with Gasteiger partial charge in [-0.2, -0.15) is 0 Å². The molecule has 1 aliphatic rings. The minimum absolute atomic E-state index is 0.195. The Bertz CT molecular complexity index is 945. The molecule has 0 spiro atoms. The first kappa shape index (κ1) is 20.2. The summed E-state index contributed by atoms with van der Waals surface area (Å²) in [5.41, 5.74) is 2.16. The van der Waals surface area contributed by atoms with Gasteiger partial charge in [0.2, 0.25) is 5.91 Å². The van der Waals surface area contributed by atoms with Crippen molar-refractivity contribution in [2.24, 2.45) is 0 Å². The van der Waals surface area contributed by atoms with Crippen molar-refractivity contribution in [3.63, 3.8) is 0 Å². The maximum Gasteiger partial charge on any atom is 0.227 e. The fourth-order valence-corrected chi connectivity index (χ4v) is 3.84. The van der Waals surface area contributed by atoms with Crippen LogP contribution in [0.4, 0.5) is 0 Å². The van der Waals surface area contributed by atoms with E-state index in [4.69, 9.17) is 4.74 Å². The first-order valence-electron chi connectivity index (χ1n) is 10.4. The van der Waals surface area contributed by atoms with E-state index in [0.29, 0.717) is 6.42 Å². The first-order valence-corrected chi connectivity index (χ1v) is 10.4. The summed E-state index contributed by atoms with van der Waals surface area (Å²) in [7, 11) is 1.65. The van der Waals surface area contributed by atoms with Gasteiger partial charge in [-0.1, -0.05) is 42.5 Å². The Kier molecular flexibility index (Phi) is 6.44. The molecule has 3 aromatic rings. The summed E-state index contributed by atoms with van der Waals surface area (Å²) < 4.78 is 7.38. The SMILES string of the molecule is COc1ccc(CC(=O)N2CCN(CCn3ccnc3-c3ccccc3)CC2)cc1. The zero-order valence-corrected chi connectivity index (χ0v) is 17.4. The largest absolute Gasteiger partial charge is 0.497 e. The van der Waals surface area contributed by atoms with Gasteiger partial charge in [-0.25, -0.2) is 4.98 Å². The van der Waals surface area contributed by atoms with E-state index in [9.17, 15) is 4.79 Å². The van der Waals surface area contributed by atoms with Crippen LogP contribution in [0.2, 0.25) is 0 Å². The number of aromatic nitrogens is 2. The third-order valence-electron chi connectivity index (χ3n) is 5.64. The topological polar surface area (TPSA) is 50.6 Å². The molecule has 0 radical (unpaired) electrons. The van der Waals surface area contributed by atoms with Crippen LogP contribution < -0.4 is 4.74 Å². The lowest BCUT2D eigenvalue weighted by Gasteiger charge is -2.35. The second-order valence-corrected chi connectivity index (χ2v) is 7.56. The molecule has 30 heavy (non-hydrogen) atoms. The molecule has 1 saturated heterocycles. The zero-order valence-electron chi connectivity index (χ0n) is 17.4. The van der Waals surface area contributed by atoms with Gasteiger partial charge in [0, 0.05) is 57.2 Å². The molecule has 2 aromatic carbocycles. The standard InChI is InChI=1S/C24H28N4O2/c1-30-22-9-7-20(8-10-22)19-23(29)27-16-13-26(14-17-27)15-18-28-12-11-25-24(28)21-5-3-2-4-6-21/h2-12H,13-19H2,1H3. The quantitative estimate of drug-likeness (QED) is 0.608. The molecule has 2 heterocycles. The molecule has 156 valence electrons. The number of methoxy groups -OCH3 is 1. The smallest absolute Gasteiger partial charge is 0.227 e. The second kappa shape index (κ2) is 9.59. The number of carbonyl (C=O) groups excluding carboxylic acids is 1. The monoisotopic (exact) mass is 404 g/mol. The van der Waals surface area contributed by atoms with Crippen molar-refractivity contribution in [1.29, 1.82) is 0 Å². The van der Waals surface area contributed by atoms with E-state index >= 15 is 0 Å². The molecule has 1 amide bonds. The van der Waals surface area contributed by atoms with E-state index < -0.39 is 0 Å². The number of piperazine rings is 1. The molecule has 0 bridgehead atoms. The molecule has 1 aliphatic heterocycles. The van der Waals surface area contributed by atoms with E-state index in [1.807, 2.05) is 59.8 Å². The van der Waals surface area contributed by atoms with Gasteiger partial charge in [-0.05, 0) is 17.7 Å². The van der Waals surface area contributed by atoms with Crippen molar-refractivity contribution in [3.05, 3.63) is 72.6 Å². The van der Waals surface area contributed by atoms with Gasteiger partial charge in [0.25, 0.3) is 0 Å². The molecule has 0 atom stereocenters. The summed E-state index contributed by atoms with van der Waals surface area (Å²) in [4.78, 5) is 21.6. The van der Waals surface area contributed by atoms with Crippen LogP contribution in [0.1, 0.15) is 5.56 Å². The highest BCUT2D eigenvalue weighted by Gasteiger charge is 2.21. The van der Waals surface area contributed by atoms with E-state index in [0.717, 1.165) is 62.0 Å². The van der Waals surface area contributed by atoms with Gasteiger partial charge in [0.05, 0.1) is 13.5 Å². The third-order valence-corrected chi connectivity index (χ3v) is 5.64. The van der Waals surface area contributed by atoms with Crippen LogP contribution in [0.3, 0.4) is 0 Å². The van der Waals surface area contributed by atoms with Crippen LogP contribution in [0, 0.1) is 0 Å². The third kappa shape index (κ3) is 4.89. The molecule has 0 aliphatic carbocycles. The van der Waals surface area contributed by atoms with Crippen molar-refractivity contribution in [2.45, 2.75) is 13.0 Å². The number of ether oxygens (including phenoxy) is 1. The average molecular weight is 405 g/mol. The number of carbonyl (C=O) groups is 1. The number of amides is 1. The number of hydrogen-bond acceptors (Lipinski definition) is 4. The summed E-state index contributed by atoms with van der Waals surface area (Å²) in [6.07, 6.45) is 4.34. The van der Waals surface area contributed by atoms with Crippen LogP contribution >= 0.6 is 0 Å². The van der Waals surface area contributed by atoms with Crippen molar-refractivity contribution in [3.8, 4) is 17.1 Å². The summed E-state index contributed by atoms with van der Waals surface area (Å²) >= 11 is 0. The highest BCUT2D eigenvalue weighted by molar-refractivity contribution is 5.79. The predicted molar refractivity (Wildman–Crippen MR) is 117 cm³/mol. The molecular formula is C24H28N4O2. The number of benzene rings is 2. The van der Waals surface area contributed by atoms with Gasteiger partial charge in [-0.15, -0.1) is 0 Å². The van der Waals surface area contributed by atoms with E-state index in [1.165, 1.54) is 0 Å². The second-order valence-electron chi connectivity index (χ2n) is 7.56. The van der Waals surface area contributed by atoms with Gasteiger partial charge < -0.3 is 14.2 Å². The Morgan fingerprint density at radius 3 is 2.40 bits per heavy atom. The molecule has 1 aromatic heterocycles. The lowest BCUT2D eigenvalue weighted by atomic mass is 10.1. The van der Waals surface area contributed by atoms with E-state index in [-0.39, 0.29) is 5.91 Å². The molecule has 0 unspecified atom stereocenters. The number of nitrogens with zero attached hydrogens (tertiary/aromatic N) is 4. The lowest BCUT2D eigenvalue weighted by molar-refractivity contribution is -0.132. The molecule has 6 heteroatoms. The summed E-state index contributed by atoms with van der Waals surface area (Å²) in [6, 6.07) is 18.0. The molecule has 0 saturated carbocycles.